The van der Waals surface area contributed by atoms with Gasteiger partial charge in [-0.25, -0.2) is 4.79 Å². The smallest absolute Gasteiger partial charge is 0.407 e. The number of imide groups is 1. The van der Waals surface area contributed by atoms with Crippen LogP contribution >= 0.6 is 0 Å². The number of ether oxygens (including phenoxy) is 2. The fraction of sp³-hybridized carbons (Fsp3) is 0.792. The number of hydrogen-bond acceptors (Lipinski definition) is 6. The summed E-state index contributed by atoms with van der Waals surface area (Å²) in [5.74, 6) is 0.297. The molecular formula is C24H42N2O6. The van der Waals surface area contributed by atoms with Gasteiger partial charge in [-0.15, -0.1) is 5.06 Å². The van der Waals surface area contributed by atoms with E-state index in [1.807, 2.05) is 13.8 Å². The summed E-state index contributed by atoms with van der Waals surface area (Å²) < 4.78 is 11.5. The second-order valence-electron chi connectivity index (χ2n) is 10.1. The van der Waals surface area contributed by atoms with Crippen LogP contribution in [-0.2, 0) is 23.9 Å². The maximum Gasteiger partial charge on any atom is 0.407 e. The quantitative estimate of drug-likeness (QED) is 0.215. The van der Waals surface area contributed by atoms with Crippen molar-refractivity contribution in [1.82, 2.24) is 10.4 Å². The van der Waals surface area contributed by atoms with E-state index >= 15 is 0 Å². The van der Waals surface area contributed by atoms with Crippen molar-refractivity contribution in [3.05, 3.63) is 12.3 Å². The van der Waals surface area contributed by atoms with Crippen molar-refractivity contribution in [2.75, 3.05) is 13.2 Å². The molecule has 0 aromatic heterocycles. The molecule has 0 unspecified atom stereocenters. The molecule has 0 aliphatic carbocycles. The Bertz CT molecular complexity index is 641. The van der Waals surface area contributed by atoms with Crippen LogP contribution in [0.1, 0.15) is 92.9 Å². The van der Waals surface area contributed by atoms with Crippen LogP contribution in [0.25, 0.3) is 0 Å². The Balaban J connectivity index is 2.13. The highest BCUT2D eigenvalue weighted by Gasteiger charge is 2.31. The van der Waals surface area contributed by atoms with Crippen molar-refractivity contribution >= 4 is 17.9 Å². The number of nitrogens with zero attached hydrogens (tertiary/aromatic N) is 1. The maximum absolute atomic E-state index is 12.1. The Labute approximate surface area is 193 Å². The second-order valence-corrected chi connectivity index (χ2v) is 10.1. The maximum atomic E-state index is 12.1. The molecule has 1 saturated heterocycles. The van der Waals surface area contributed by atoms with E-state index in [0.29, 0.717) is 37.7 Å². The lowest BCUT2D eigenvalue weighted by Gasteiger charge is -2.30. The zero-order valence-corrected chi connectivity index (χ0v) is 20.8. The van der Waals surface area contributed by atoms with Gasteiger partial charge in [0.1, 0.15) is 11.4 Å². The van der Waals surface area contributed by atoms with E-state index in [1.165, 1.54) is 0 Å². The molecular weight excluding hydrogens is 412 g/mol. The van der Waals surface area contributed by atoms with Crippen molar-refractivity contribution in [1.29, 1.82) is 0 Å². The second kappa shape index (κ2) is 12.8. The van der Waals surface area contributed by atoms with Crippen molar-refractivity contribution < 1.29 is 28.7 Å². The molecule has 1 heterocycles. The van der Waals surface area contributed by atoms with Crippen molar-refractivity contribution in [3.63, 3.8) is 0 Å². The minimum atomic E-state index is -0.614. The minimum absolute atomic E-state index is 0.188. The number of alkyl carbamates (subject to hydrolysis) is 1. The van der Waals surface area contributed by atoms with Crippen LogP contribution in [0.4, 0.5) is 4.79 Å². The van der Waals surface area contributed by atoms with Gasteiger partial charge in [0.15, 0.2) is 0 Å². The van der Waals surface area contributed by atoms with Crippen molar-refractivity contribution in [2.45, 2.75) is 104 Å². The zero-order valence-electron chi connectivity index (χ0n) is 20.8. The van der Waals surface area contributed by atoms with Crippen LogP contribution in [0.3, 0.4) is 0 Å². The Morgan fingerprint density at radius 1 is 1.06 bits per heavy atom. The number of carbonyl (C=O) groups excluding carboxylic acids is 3. The van der Waals surface area contributed by atoms with Crippen molar-refractivity contribution in [2.24, 2.45) is 5.92 Å². The molecule has 1 rings (SSSR count). The topological polar surface area (TPSA) is 94.2 Å². The predicted molar refractivity (Wildman–Crippen MR) is 122 cm³/mol. The highest BCUT2D eigenvalue weighted by Crippen LogP contribution is 2.23. The first-order valence-electron chi connectivity index (χ1n) is 11.6. The largest absolute Gasteiger partial charge is 0.443 e. The van der Waals surface area contributed by atoms with Gasteiger partial charge in [0.05, 0.1) is 12.2 Å². The molecule has 0 bridgehead atoms. The first-order chi connectivity index (χ1) is 14.8. The van der Waals surface area contributed by atoms with E-state index in [4.69, 9.17) is 14.3 Å². The van der Waals surface area contributed by atoms with Crippen LogP contribution in [0.15, 0.2) is 12.3 Å². The first-order valence-corrected chi connectivity index (χ1v) is 11.6. The Hall–Kier alpha value is -2.09. The van der Waals surface area contributed by atoms with E-state index < -0.39 is 11.7 Å². The molecule has 8 heteroatoms. The number of amides is 3. The van der Waals surface area contributed by atoms with Gasteiger partial charge in [-0.05, 0) is 52.9 Å². The van der Waals surface area contributed by atoms with E-state index in [0.717, 1.165) is 30.7 Å². The molecule has 1 N–H and O–H groups in total. The summed E-state index contributed by atoms with van der Waals surface area (Å²) in [6, 6.07) is 0. The predicted octanol–water partition coefficient (Wildman–Crippen LogP) is 4.88. The Morgan fingerprint density at radius 2 is 1.69 bits per heavy atom. The van der Waals surface area contributed by atoms with Gasteiger partial charge in [0.25, 0.3) is 11.8 Å². The highest BCUT2D eigenvalue weighted by atomic mass is 16.7. The van der Waals surface area contributed by atoms with Crippen LogP contribution in [0, 0.1) is 5.92 Å². The molecule has 1 aliphatic rings. The number of hydroxylamine groups is 2. The van der Waals surface area contributed by atoms with Crippen LogP contribution < -0.4 is 5.32 Å². The Kier molecular flexibility index (Phi) is 11.2. The summed E-state index contributed by atoms with van der Waals surface area (Å²) >= 11 is 0. The number of hydrogen-bond donors (Lipinski definition) is 1. The number of nitrogens with one attached hydrogen (secondary N) is 1. The summed E-state index contributed by atoms with van der Waals surface area (Å²) in [4.78, 5) is 40.4. The van der Waals surface area contributed by atoms with Gasteiger partial charge in [0.2, 0.25) is 0 Å². The molecule has 0 saturated carbocycles. The van der Waals surface area contributed by atoms with Crippen LogP contribution in [-0.4, -0.2) is 47.3 Å². The van der Waals surface area contributed by atoms with Gasteiger partial charge < -0.3 is 19.6 Å². The first kappa shape index (κ1) is 27.9. The molecule has 184 valence electrons. The summed E-state index contributed by atoms with van der Waals surface area (Å²) in [6.07, 6.45) is 4.47. The number of unbranched alkanes of at least 4 members (excludes halogenated alkanes) is 2. The molecule has 0 aromatic rings. The monoisotopic (exact) mass is 454 g/mol. The van der Waals surface area contributed by atoms with E-state index in [-0.39, 0.29) is 30.3 Å². The number of allylic oxidation sites excluding steroid dienone is 1. The lowest BCUT2D eigenvalue weighted by molar-refractivity contribution is -0.177. The van der Waals surface area contributed by atoms with Gasteiger partial charge >= 0.3 is 6.09 Å². The molecule has 0 spiro atoms. The summed E-state index contributed by atoms with van der Waals surface area (Å²) in [5, 5.41) is 3.58. The zero-order chi connectivity index (χ0) is 24.4. The molecule has 0 radical (unpaired) electrons. The average molecular weight is 455 g/mol. The van der Waals surface area contributed by atoms with E-state index in [2.05, 4.69) is 39.6 Å². The number of carbonyl (C=O) groups is 3. The van der Waals surface area contributed by atoms with Crippen molar-refractivity contribution in [3.8, 4) is 0 Å². The summed E-state index contributed by atoms with van der Waals surface area (Å²) in [7, 11) is 0. The SMILES string of the molecule is C=C(CCCCCNC(=O)OC(C)(C)CCOC(C)(C)CC(C)C)ON1C(=O)CCC1=O. The van der Waals surface area contributed by atoms with E-state index in [9.17, 15) is 14.4 Å². The van der Waals surface area contributed by atoms with Crippen LogP contribution in [0.2, 0.25) is 0 Å². The highest BCUT2D eigenvalue weighted by molar-refractivity contribution is 6.00. The van der Waals surface area contributed by atoms with Gasteiger partial charge in [-0.3, -0.25) is 9.59 Å². The number of rotatable bonds is 15. The van der Waals surface area contributed by atoms with Crippen LogP contribution in [0.5, 0.6) is 0 Å². The molecule has 8 nitrogen and oxygen atoms in total. The lowest BCUT2D eigenvalue weighted by atomic mass is 9.96. The minimum Gasteiger partial charge on any atom is -0.443 e. The van der Waals surface area contributed by atoms with Gasteiger partial charge in [-0.1, -0.05) is 26.8 Å². The summed E-state index contributed by atoms with van der Waals surface area (Å²) in [5.41, 5.74) is -0.806. The molecule has 1 aliphatic heterocycles. The van der Waals surface area contributed by atoms with Gasteiger partial charge in [0, 0.05) is 32.2 Å². The third-order valence-corrected chi connectivity index (χ3v) is 5.09. The van der Waals surface area contributed by atoms with E-state index in [1.54, 1.807) is 0 Å². The molecule has 1 fully saturated rings. The average Bonchev–Trinajstić information content (AvgIpc) is 2.94. The molecule has 3 amide bonds. The standard InChI is InChI=1S/C24H42N2O6/c1-18(2)17-24(6,7)30-16-14-23(4,5)31-22(29)25-15-10-8-9-11-19(3)32-26-20(27)12-13-21(26)28/h18H,3,8-17H2,1-2,4-7H3,(H,25,29). The third kappa shape index (κ3) is 11.5. The fourth-order valence-electron chi connectivity index (χ4n) is 3.60. The lowest BCUT2D eigenvalue weighted by Crippen LogP contribution is -2.37. The van der Waals surface area contributed by atoms with Gasteiger partial charge in [-0.2, -0.15) is 0 Å². The summed E-state index contributed by atoms with van der Waals surface area (Å²) in [6.45, 7) is 17.1. The fourth-order valence-corrected chi connectivity index (χ4v) is 3.60. The Morgan fingerprint density at radius 3 is 2.28 bits per heavy atom. The third-order valence-electron chi connectivity index (χ3n) is 5.09. The molecule has 0 aromatic carbocycles. The normalized spacial score (nSPS) is 14.8. The molecule has 32 heavy (non-hydrogen) atoms. The molecule has 0 atom stereocenters.